The molecule has 0 saturated carbocycles. The lowest BCUT2D eigenvalue weighted by atomic mass is 10.3. The highest BCUT2D eigenvalue weighted by atomic mass is 35.5. The molecule has 0 bridgehead atoms. The number of nitrogen functional groups attached to an aromatic ring is 1. The molecular weight excluding hydrogens is 311 g/mol. The van der Waals surface area contributed by atoms with E-state index in [0.717, 1.165) is 4.90 Å². The van der Waals surface area contributed by atoms with Crippen molar-refractivity contribution < 1.29 is 9.18 Å². The highest BCUT2D eigenvalue weighted by molar-refractivity contribution is 8.00. The number of carbonyl (C=O) groups excluding carboxylic acids is 1. The summed E-state index contributed by atoms with van der Waals surface area (Å²) >= 11 is 7.07. The van der Waals surface area contributed by atoms with Crippen molar-refractivity contribution in [3.8, 4) is 0 Å². The molecule has 0 spiro atoms. The molecule has 3 N–H and O–H groups in total. The van der Waals surface area contributed by atoms with Crippen LogP contribution in [0.1, 0.15) is 6.92 Å². The highest BCUT2D eigenvalue weighted by Crippen LogP contribution is 2.26. The Morgan fingerprint density at radius 3 is 2.76 bits per heavy atom. The second-order valence-corrected chi connectivity index (χ2v) is 6.27. The van der Waals surface area contributed by atoms with Crippen molar-refractivity contribution in [1.29, 1.82) is 0 Å². The molecule has 2 aromatic carbocycles. The molecule has 0 saturated heterocycles. The van der Waals surface area contributed by atoms with Gasteiger partial charge < -0.3 is 11.1 Å². The number of benzene rings is 2. The molecule has 3 nitrogen and oxygen atoms in total. The Balaban J connectivity index is 2.00. The minimum atomic E-state index is -0.517. The van der Waals surface area contributed by atoms with E-state index in [9.17, 15) is 9.18 Å². The van der Waals surface area contributed by atoms with E-state index < -0.39 is 5.82 Å². The van der Waals surface area contributed by atoms with Crippen molar-refractivity contribution in [2.75, 3.05) is 11.1 Å². The monoisotopic (exact) mass is 324 g/mol. The van der Waals surface area contributed by atoms with Gasteiger partial charge in [-0.05, 0) is 43.3 Å². The van der Waals surface area contributed by atoms with Gasteiger partial charge in [0.15, 0.2) is 0 Å². The first-order valence-electron chi connectivity index (χ1n) is 6.24. The van der Waals surface area contributed by atoms with E-state index in [0.29, 0.717) is 11.4 Å². The van der Waals surface area contributed by atoms with Crippen LogP contribution < -0.4 is 11.1 Å². The Morgan fingerprint density at radius 1 is 1.33 bits per heavy atom. The standard InChI is InChI=1S/C15H14ClFN2OS/c1-9(21-12-4-2-3-10(18)7-12)15(20)19-11-5-6-14(17)13(16)8-11/h2-9H,18H2,1H3,(H,19,20). The molecule has 0 heterocycles. The van der Waals surface area contributed by atoms with E-state index >= 15 is 0 Å². The lowest BCUT2D eigenvalue weighted by Gasteiger charge is -2.12. The molecule has 1 atom stereocenters. The third-order valence-electron chi connectivity index (χ3n) is 2.73. The van der Waals surface area contributed by atoms with Gasteiger partial charge in [-0.1, -0.05) is 17.7 Å². The number of nitrogens with two attached hydrogens (primary N) is 1. The number of anilines is 2. The van der Waals surface area contributed by atoms with Gasteiger partial charge in [0.1, 0.15) is 5.82 Å². The topological polar surface area (TPSA) is 55.1 Å². The van der Waals surface area contributed by atoms with Crippen molar-refractivity contribution in [3.63, 3.8) is 0 Å². The summed E-state index contributed by atoms with van der Waals surface area (Å²) in [6.45, 7) is 1.79. The van der Waals surface area contributed by atoms with Gasteiger partial charge in [-0.25, -0.2) is 4.39 Å². The Labute approximate surface area is 131 Å². The van der Waals surface area contributed by atoms with Crippen molar-refractivity contribution in [2.24, 2.45) is 0 Å². The second kappa shape index (κ2) is 6.83. The van der Waals surface area contributed by atoms with Crippen molar-refractivity contribution >= 4 is 40.6 Å². The van der Waals surface area contributed by atoms with Crippen LogP contribution in [-0.4, -0.2) is 11.2 Å². The fraction of sp³-hybridized carbons (Fsp3) is 0.133. The molecule has 2 rings (SSSR count). The van der Waals surface area contributed by atoms with Crippen molar-refractivity contribution in [3.05, 3.63) is 53.3 Å². The molecule has 2 aromatic rings. The Kier molecular flexibility index (Phi) is 5.09. The molecule has 0 aliphatic rings. The zero-order valence-corrected chi connectivity index (χ0v) is 12.8. The van der Waals surface area contributed by atoms with Crippen LogP contribution in [0.5, 0.6) is 0 Å². The summed E-state index contributed by atoms with van der Waals surface area (Å²) in [6.07, 6.45) is 0. The number of hydrogen-bond donors (Lipinski definition) is 2. The molecule has 6 heteroatoms. The minimum absolute atomic E-state index is 0.0241. The van der Waals surface area contributed by atoms with Gasteiger partial charge in [0.2, 0.25) is 5.91 Å². The molecule has 1 unspecified atom stereocenters. The van der Waals surface area contributed by atoms with Gasteiger partial charge in [0.25, 0.3) is 0 Å². The molecule has 21 heavy (non-hydrogen) atoms. The Morgan fingerprint density at radius 2 is 2.10 bits per heavy atom. The first-order valence-corrected chi connectivity index (χ1v) is 7.49. The average molecular weight is 325 g/mol. The summed E-state index contributed by atoms with van der Waals surface area (Å²) in [7, 11) is 0. The third-order valence-corrected chi connectivity index (χ3v) is 4.11. The lowest BCUT2D eigenvalue weighted by molar-refractivity contribution is -0.115. The van der Waals surface area contributed by atoms with E-state index in [-0.39, 0.29) is 16.2 Å². The smallest absolute Gasteiger partial charge is 0.237 e. The SMILES string of the molecule is CC(Sc1cccc(N)c1)C(=O)Nc1ccc(F)c(Cl)c1. The van der Waals surface area contributed by atoms with Gasteiger partial charge in [0, 0.05) is 16.3 Å². The molecule has 0 aliphatic carbocycles. The largest absolute Gasteiger partial charge is 0.399 e. The maximum atomic E-state index is 13.1. The quantitative estimate of drug-likeness (QED) is 0.655. The van der Waals surface area contributed by atoms with Crippen molar-refractivity contribution in [2.45, 2.75) is 17.1 Å². The summed E-state index contributed by atoms with van der Waals surface area (Å²) in [4.78, 5) is 13.0. The van der Waals surface area contributed by atoms with E-state index in [4.69, 9.17) is 17.3 Å². The van der Waals surface area contributed by atoms with Crippen LogP contribution in [0.25, 0.3) is 0 Å². The average Bonchev–Trinajstić information content (AvgIpc) is 2.43. The first-order chi connectivity index (χ1) is 9.95. The highest BCUT2D eigenvalue weighted by Gasteiger charge is 2.15. The minimum Gasteiger partial charge on any atom is -0.399 e. The normalized spacial score (nSPS) is 12.0. The van der Waals surface area contributed by atoms with Crippen LogP contribution in [0, 0.1) is 5.82 Å². The number of rotatable bonds is 4. The third kappa shape index (κ3) is 4.37. The van der Waals surface area contributed by atoms with Gasteiger partial charge in [-0.15, -0.1) is 11.8 Å². The van der Waals surface area contributed by atoms with Gasteiger partial charge in [-0.3, -0.25) is 4.79 Å². The molecule has 0 aliphatic heterocycles. The molecule has 1 amide bonds. The van der Waals surface area contributed by atoms with Gasteiger partial charge in [0.05, 0.1) is 10.3 Å². The number of amides is 1. The number of carbonyl (C=O) groups is 1. The summed E-state index contributed by atoms with van der Waals surface area (Å²) in [5.74, 6) is -0.707. The fourth-order valence-corrected chi connectivity index (χ4v) is 2.78. The van der Waals surface area contributed by atoms with Crippen LogP contribution in [-0.2, 0) is 4.79 Å². The van der Waals surface area contributed by atoms with Gasteiger partial charge >= 0.3 is 0 Å². The fourth-order valence-electron chi connectivity index (χ4n) is 1.66. The van der Waals surface area contributed by atoms with E-state index in [1.807, 2.05) is 18.2 Å². The lowest BCUT2D eigenvalue weighted by Crippen LogP contribution is -2.22. The maximum absolute atomic E-state index is 13.1. The van der Waals surface area contributed by atoms with Crippen LogP contribution in [0.15, 0.2) is 47.4 Å². The zero-order valence-electron chi connectivity index (χ0n) is 11.3. The number of halogens is 2. The van der Waals surface area contributed by atoms with Crippen LogP contribution in [0.3, 0.4) is 0 Å². The molecule has 0 fully saturated rings. The molecule has 0 radical (unpaired) electrons. The molecule has 110 valence electrons. The summed E-state index contributed by atoms with van der Waals surface area (Å²) in [5.41, 5.74) is 6.82. The van der Waals surface area contributed by atoms with E-state index in [1.54, 1.807) is 13.0 Å². The summed E-state index contributed by atoms with van der Waals surface area (Å²) in [6, 6.07) is 11.4. The summed E-state index contributed by atoms with van der Waals surface area (Å²) in [5, 5.41) is 2.35. The predicted molar refractivity (Wildman–Crippen MR) is 86.2 cm³/mol. The van der Waals surface area contributed by atoms with Crippen LogP contribution in [0.2, 0.25) is 5.02 Å². The Hall–Kier alpha value is -1.72. The Bertz CT molecular complexity index is 666. The number of thioether (sulfide) groups is 1. The van der Waals surface area contributed by atoms with Crippen LogP contribution in [0.4, 0.5) is 15.8 Å². The van der Waals surface area contributed by atoms with E-state index in [2.05, 4.69) is 5.32 Å². The maximum Gasteiger partial charge on any atom is 0.237 e. The number of nitrogens with one attached hydrogen (secondary N) is 1. The van der Waals surface area contributed by atoms with Gasteiger partial charge in [-0.2, -0.15) is 0 Å². The van der Waals surface area contributed by atoms with Crippen LogP contribution >= 0.6 is 23.4 Å². The van der Waals surface area contributed by atoms with E-state index in [1.165, 1.54) is 30.0 Å². The predicted octanol–water partition coefficient (Wildman–Crippen LogP) is 4.18. The summed E-state index contributed by atoms with van der Waals surface area (Å²) < 4.78 is 13.1. The molecular formula is C15H14ClFN2OS. The number of hydrogen-bond acceptors (Lipinski definition) is 3. The zero-order chi connectivity index (χ0) is 15.4. The van der Waals surface area contributed by atoms with Crippen molar-refractivity contribution in [1.82, 2.24) is 0 Å². The first kappa shape index (κ1) is 15.7. The second-order valence-electron chi connectivity index (χ2n) is 4.45. The molecule has 0 aromatic heterocycles.